The number of hydrogen-bond acceptors (Lipinski definition) is 7. The molecule has 1 amide bonds. The van der Waals surface area contributed by atoms with Gasteiger partial charge in [0.15, 0.2) is 15.0 Å². The van der Waals surface area contributed by atoms with Crippen molar-refractivity contribution in [2.75, 3.05) is 43.4 Å². The van der Waals surface area contributed by atoms with Crippen molar-refractivity contribution in [1.29, 1.82) is 0 Å². The van der Waals surface area contributed by atoms with Crippen LogP contribution in [0, 0.1) is 0 Å². The van der Waals surface area contributed by atoms with Crippen molar-refractivity contribution >= 4 is 42.4 Å². The van der Waals surface area contributed by atoms with Gasteiger partial charge in [0.25, 0.3) is 0 Å². The maximum absolute atomic E-state index is 12.6. The van der Waals surface area contributed by atoms with Gasteiger partial charge in [0.1, 0.15) is 5.75 Å². The lowest BCUT2D eigenvalue weighted by molar-refractivity contribution is -0.131. The van der Waals surface area contributed by atoms with Crippen molar-refractivity contribution in [3.63, 3.8) is 0 Å². The first kappa shape index (κ1) is 22.5. The fourth-order valence-electron chi connectivity index (χ4n) is 3.73. The first-order valence-electron chi connectivity index (χ1n) is 10.7. The first-order chi connectivity index (χ1) is 15.4. The molecule has 0 atom stereocenters. The highest BCUT2D eigenvalue weighted by atomic mass is 32.2. The van der Waals surface area contributed by atoms with E-state index in [2.05, 4.69) is 4.90 Å². The summed E-state index contributed by atoms with van der Waals surface area (Å²) in [7, 11) is -3.32. The molecule has 3 aromatic rings. The molecule has 4 rings (SSSR count). The maximum atomic E-state index is 12.6. The van der Waals surface area contributed by atoms with Gasteiger partial charge in [-0.3, -0.25) is 4.79 Å². The molecule has 0 unspecified atom stereocenters. The van der Waals surface area contributed by atoms with Crippen LogP contribution in [-0.4, -0.2) is 62.7 Å². The molecule has 1 aliphatic rings. The third kappa shape index (κ3) is 5.58. The Hall–Kier alpha value is -2.65. The molecule has 0 saturated carbocycles. The van der Waals surface area contributed by atoms with Crippen LogP contribution >= 0.6 is 11.3 Å². The van der Waals surface area contributed by atoms with E-state index < -0.39 is 9.84 Å². The number of nitrogens with zero attached hydrogens (tertiary/aromatic N) is 3. The fraction of sp³-hybridized carbons (Fsp3) is 0.391. The Morgan fingerprint density at radius 1 is 1.09 bits per heavy atom. The summed E-state index contributed by atoms with van der Waals surface area (Å²) < 4.78 is 31.4. The average Bonchev–Trinajstić information content (AvgIpc) is 3.22. The molecule has 1 saturated heterocycles. The summed E-state index contributed by atoms with van der Waals surface area (Å²) in [5.41, 5.74) is 1.69. The van der Waals surface area contributed by atoms with Gasteiger partial charge in [-0.15, -0.1) is 0 Å². The molecular weight excluding hydrogens is 446 g/mol. The van der Waals surface area contributed by atoms with Gasteiger partial charge in [-0.25, -0.2) is 13.4 Å². The zero-order valence-corrected chi connectivity index (χ0v) is 19.7. The standard InChI is InChI=1S/C23H27N3O4S2/c1-2-30-19-8-9-20-21(16-19)31-23(24-20)26-13-11-25(12-14-26)22(27)10-15-32(28,29)17-18-6-4-3-5-7-18/h3-9,16H,2,10-15,17H2,1H3. The Morgan fingerprint density at radius 3 is 2.56 bits per heavy atom. The molecule has 0 N–H and O–H groups in total. The number of anilines is 1. The molecular formula is C23H27N3O4S2. The SMILES string of the molecule is CCOc1ccc2nc(N3CCN(C(=O)CCS(=O)(=O)Cc4ccccc4)CC3)sc2c1. The molecule has 0 radical (unpaired) electrons. The summed E-state index contributed by atoms with van der Waals surface area (Å²) in [6, 6.07) is 15.0. The summed E-state index contributed by atoms with van der Waals surface area (Å²) >= 11 is 1.62. The largest absolute Gasteiger partial charge is 0.494 e. The maximum Gasteiger partial charge on any atom is 0.223 e. The predicted molar refractivity (Wildman–Crippen MR) is 128 cm³/mol. The van der Waals surface area contributed by atoms with Crippen LogP contribution in [0.5, 0.6) is 5.75 Å². The molecule has 32 heavy (non-hydrogen) atoms. The number of piperazine rings is 1. The van der Waals surface area contributed by atoms with E-state index in [-0.39, 0.29) is 23.8 Å². The van der Waals surface area contributed by atoms with Gasteiger partial charge in [0, 0.05) is 32.6 Å². The highest BCUT2D eigenvalue weighted by Crippen LogP contribution is 2.32. The van der Waals surface area contributed by atoms with Crippen LogP contribution in [0.4, 0.5) is 5.13 Å². The van der Waals surface area contributed by atoms with E-state index in [4.69, 9.17) is 9.72 Å². The number of carbonyl (C=O) groups is 1. The second-order valence-electron chi connectivity index (χ2n) is 7.75. The van der Waals surface area contributed by atoms with Crippen molar-refractivity contribution in [1.82, 2.24) is 9.88 Å². The predicted octanol–water partition coefficient (Wildman–Crippen LogP) is 3.35. The zero-order valence-electron chi connectivity index (χ0n) is 18.1. The van der Waals surface area contributed by atoms with Gasteiger partial charge in [0.05, 0.1) is 28.3 Å². The van der Waals surface area contributed by atoms with Crippen LogP contribution in [0.2, 0.25) is 0 Å². The van der Waals surface area contributed by atoms with Gasteiger partial charge in [-0.1, -0.05) is 41.7 Å². The molecule has 7 nitrogen and oxygen atoms in total. The van der Waals surface area contributed by atoms with E-state index in [1.165, 1.54) is 0 Å². The number of sulfone groups is 1. The summed E-state index contributed by atoms with van der Waals surface area (Å²) in [4.78, 5) is 21.3. The summed E-state index contributed by atoms with van der Waals surface area (Å²) in [5, 5.41) is 0.936. The number of rotatable bonds is 8. The van der Waals surface area contributed by atoms with E-state index in [9.17, 15) is 13.2 Å². The van der Waals surface area contributed by atoms with E-state index in [1.807, 2.05) is 43.3 Å². The minimum atomic E-state index is -3.32. The molecule has 0 spiro atoms. The van der Waals surface area contributed by atoms with Gasteiger partial charge in [-0.2, -0.15) is 0 Å². The van der Waals surface area contributed by atoms with Crippen LogP contribution in [0.25, 0.3) is 10.2 Å². The molecule has 1 aromatic heterocycles. The molecule has 1 aliphatic heterocycles. The number of benzene rings is 2. The minimum absolute atomic E-state index is 0.0243. The smallest absolute Gasteiger partial charge is 0.223 e. The lowest BCUT2D eigenvalue weighted by atomic mass is 10.2. The van der Waals surface area contributed by atoms with E-state index >= 15 is 0 Å². The van der Waals surface area contributed by atoms with Crippen LogP contribution in [0.15, 0.2) is 48.5 Å². The van der Waals surface area contributed by atoms with Crippen molar-refractivity contribution < 1.29 is 17.9 Å². The molecule has 170 valence electrons. The third-order valence-electron chi connectivity index (χ3n) is 5.42. The quantitative estimate of drug-likeness (QED) is 0.499. The number of aromatic nitrogens is 1. The zero-order chi connectivity index (χ0) is 22.6. The van der Waals surface area contributed by atoms with Gasteiger partial charge >= 0.3 is 0 Å². The van der Waals surface area contributed by atoms with Crippen molar-refractivity contribution in [3.8, 4) is 5.75 Å². The Balaban J connectivity index is 1.29. The summed E-state index contributed by atoms with van der Waals surface area (Å²) in [5.74, 6) is 0.582. The van der Waals surface area contributed by atoms with Crippen LogP contribution in [0.3, 0.4) is 0 Å². The van der Waals surface area contributed by atoms with E-state index in [0.717, 1.165) is 26.7 Å². The van der Waals surface area contributed by atoms with Crippen molar-refractivity contribution in [3.05, 3.63) is 54.1 Å². The molecule has 2 aromatic carbocycles. The molecule has 2 heterocycles. The molecule has 0 aliphatic carbocycles. The van der Waals surface area contributed by atoms with E-state index in [1.54, 1.807) is 28.4 Å². The summed E-state index contributed by atoms with van der Waals surface area (Å²) in [6.45, 7) is 5.08. The van der Waals surface area contributed by atoms with E-state index in [0.29, 0.717) is 32.8 Å². The Bertz CT molecular complexity index is 1170. The highest BCUT2D eigenvalue weighted by molar-refractivity contribution is 7.90. The second-order valence-corrected chi connectivity index (χ2v) is 10.9. The van der Waals surface area contributed by atoms with Crippen LogP contribution in [0.1, 0.15) is 18.9 Å². The number of thiazole rings is 1. The average molecular weight is 474 g/mol. The Morgan fingerprint density at radius 2 is 1.84 bits per heavy atom. The lowest BCUT2D eigenvalue weighted by Crippen LogP contribution is -2.49. The van der Waals surface area contributed by atoms with Gasteiger partial charge in [-0.05, 0) is 30.7 Å². The number of carbonyl (C=O) groups excluding carboxylic acids is 1. The van der Waals surface area contributed by atoms with Gasteiger partial charge in [0.2, 0.25) is 5.91 Å². The topological polar surface area (TPSA) is 79.8 Å². The molecule has 1 fully saturated rings. The third-order valence-corrected chi connectivity index (χ3v) is 8.10. The van der Waals surface area contributed by atoms with Crippen LogP contribution < -0.4 is 9.64 Å². The number of amides is 1. The van der Waals surface area contributed by atoms with Crippen LogP contribution in [-0.2, 0) is 20.4 Å². The number of ether oxygens (including phenoxy) is 1. The van der Waals surface area contributed by atoms with Crippen molar-refractivity contribution in [2.45, 2.75) is 19.1 Å². The summed E-state index contributed by atoms with van der Waals surface area (Å²) in [6.07, 6.45) is 0.0243. The van der Waals surface area contributed by atoms with Gasteiger partial charge < -0.3 is 14.5 Å². The minimum Gasteiger partial charge on any atom is -0.494 e. The number of hydrogen-bond donors (Lipinski definition) is 0. The molecule has 9 heteroatoms. The first-order valence-corrected chi connectivity index (χ1v) is 13.4. The fourth-order valence-corrected chi connectivity index (χ4v) is 6.11. The molecule has 0 bridgehead atoms. The highest BCUT2D eigenvalue weighted by Gasteiger charge is 2.24. The number of fused-ring (bicyclic) bond motifs is 1. The normalized spacial score (nSPS) is 14.7. The Labute approximate surface area is 192 Å². The monoisotopic (exact) mass is 473 g/mol. The van der Waals surface area contributed by atoms with Crippen molar-refractivity contribution in [2.24, 2.45) is 0 Å². The lowest BCUT2D eigenvalue weighted by Gasteiger charge is -2.34. The Kier molecular flexibility index (Phi) is 6.95. The second kappa shape index (κ2) is 9.87.